The van der Waals surface area contributed by atoms with Crippen LogP contribution in [0.15, 0.2) is 65.4 Å². The van der Waals surface area contributed by atoms with Crippen molar-refractivity contribution < 1.29 is 9.18 Å². The smallest absolute Gasteiger partial charge is 0.254 e. The van der Waals surface area contributed by atoms with Crippen LogP contribution in [0.4, 0.5) is 4.39 Å². The van der Waals surface area contributed by atoms with Crippen molar-refractivity contribution in [3.63, 3.8) is 0 Å². The highest BCUT2D eigenvalue weighted by Crippen LogP contribution is 2.18. The molecule has 26 heavy (non-hydrogen) atoms. The molecule has 134 valence electrons. The molecule has 0 bridgehead atoms. The van der Waals surface area contributed by atoms with Crippen molar-refractivity contribution >= 4 is 21.8 Å². The van der Waals surface area contributed by atoms with Crippen LogP contribution in [0.3, 0.4) is 0 Å². The lowest BCUT2D eigenvalue weighted by molar-refractivity contribution is 0.0751. The molecule has 1 amide bonds. The van der Waals surface area contributed by atoms with Gasteiger partial charge in [0.15, 0.2) is 0 Å². The summed E-state index contributed by atoms with van der Waals surface area (Å²) in [5.74, 6) is -0.425. The van der Waals surface area contributed by atoms with Crippen LogP contribution in [0.2, 0.25) is 0 Å². The summed E-state index contributed by atoms with van der Waals surface area (Å²) in [5, 5.41) is 4.17. The summed E-state index contributed by atoms with van der Waals surface area (Å²) >= 11 is 3.35. The van der Waals surface area contributed by atoms with Crippen LogP contribution in [0, 0.1) is 5.82 Å². The summed E-state index contributed by atoms with van der Waals surface area (Å²) in [6, 6.07) is 14.1. The van der Waals surface area contributed by atoms with Crippen molar-refractivity contribution in [1.29, 1.82) is 0 Å². The lowest BCUT2D eigenvalue weighted by Gasteiger charge is -2.21. The number of carbonyl (C=O) groups excluding carboxylic acids is 1. The zero-order chi connectivity index (χ0) is 18.5. The Balaban J connectivity index is 1.72. The van der Waals surface area contributed by atoms with Crippen LogP contribution >= 0.6 is 15.9 Å². The monoisotopic (exact) mass is 415 g/mol. The van der Waals surface area contributed by atoms with Crippen molar-refractivity contribution in [2.45, 2.75) is 20.0 Å². The Bertz CT molecular complexity index is 879. The molecule has 1 heterocycles. The van der Waals surface area contributed by atoms with Gasteiger partial charge in [-0.1, -0.05) is 28.1 Å². The molecule has 2 aromatic carbocycles. The Kier molecular flexibility index (Phi) is 5.83. The molecule has 0 aliphatic rings. The summed E-state index contributed by atoms with van der Waals surface area (Å²) < 4.78 is 16.6. The number of rotatable bonds is 6. The lowest BCUT2D eigenvalue weighted by Crippen LogP contribution is -2.30. The Morgan fingerprint density at radius 2 is 2.00 bits per heavy atom. The lowest BCUT2D eigenvalue weighted by atomic mass is 10.1. The molecule has 0 unspecified atom stereocenters. The minimum absolute atomic E-state index is 0.113. The van der Waals surface area contributed by atoms with Crippen molar-refractivity contribution in [1.82, 2.24) is 14.7 Å². The van der Waals surface area contributed by atoms with E-state index in [0.717, 1.165) is 10.0 Å². The second-order valence-corrected chi connectivity index (χ2v) is 6.87. The zero-order valence-electron chi connectivity index (χ0n) is 14.4. The number of hydrogen-bond donors (Lipinski definition) is 0. The average molecular weight is 416 g/mol. The van der Waals surface area contributed by atoms with Crippen LogP contribution in [-0.4, -0.2) is 27.1 Å². The first-order chi connectivity index (χ1) is 12.6. The van der Waals surface area contributed by atoms with Gasteiger partial charge in [0.25, 0.3) is 5.91 Å². The van der Waals surface area contributed by atoms with E-state index in [1.165, 1.54) is 6.07 Å². The minimum Gasteiger partial charge on any atom is -0.334 e. The fourth-order valence-corrected chi connectivity index (χ4v) is 3.12. The number of halogens is 2. The molecule has 4 nitrogen and oxygen atoms in total. The topological polar surface area (TPSA) is 38.1 Å². The number of hydrogen-bond acceptors (Lipinski definition) is 2. The van der Waals surface area contributed by atoms with Gasteiger partial charge < -0.3 is 4.90 Å². The third-order valence-corrected chi connectivity index (χ3v) is 4.64. The molecule has 3 aromatic rings. The molecular weight excluding hydrogens is 397 g/mol. The van der Waals surface area contributed by atoms with E-state index >= 15 is 0 Å². The van der Waals surface area contributed by atoms with Gasteiger partial charge in [0.1, 0.15) is 5.82 Å². The van der Waals surface area contributed by atoms with Crippen molar-refractivity contribution in [2.75, 3.05) is 6.54 Å². The summed E-state index contributed by atoms with van der Waals surface area (Å²) in [5.41, 5.74) is 2.14. The van der Waals surface area contributed by atoms with E-state index < -0.39 is 0 Å². The second kappa shape index (κ2) is 8.27. The molecule has 0 spiro atoms. The van der Waals surface area contributed by atoms with E-state index in [-0.39, 0.29) is 18.3 Å². The maximum atomic E-state index is 14.0. The number of benzene rings is 2. The number of amides is 1. The normalized spacial score (nSPS) is 10.7. The van der Waals surface area contributed by atoms with E-state index in [9.17, 15) is 9.18 Å². The quantitative estimate of drug-likeness (QED) is 0.594. The molecule has 0 N–H and O–H groups in total. The maximum Gasteiger partial charge on any atom is 0.254 e. The van der Waals surface area contributed by atoms with E-state index in [4.69, 9.17) is 0 Å². The van der Waals surface area contributed by atoms with Crippen molar-refractivity contribution in [3.8, 4) is 0 Å². The first-order valence-electron chi connectivity index (χ1n) is 8.36. The Labute approximate surface area is 160 Å². The van der Waals surface area contributed by atoms with Gasteiger partial charge in [0, 0.05) is 41.1 Å². The molecule has 0 fully saturated rings. The van der Waals surface area contributed by atoms with Gasteiger partial charge in [-0.3, -0.25) is 9.48 Å². The van der Waals surface area contributed by atoms with Gasteiger partial charge in [0.05, 0.1) is 6.54 Å². The predicted octanol–water partition coefficient (Wildman–Crippen LogP) is 4.50. The van der Waals surface area contributed by atoms with Crippen LogP contribution in [0.25, 0.3) is 0 Å². The van der Waals surface area contributed by atoms with Crippen molar-refractivity contribution in [3.05, 3.63) is 87.9 Å². The highest BCUT2D eigenvalue weighted by Gasteiger charge is 2.16. The third kappa shape index (κ3) is 4.38. The Morgan fingerprint density at radius 1 is 1.23 bits per heavy atom. The molecule has 0 saturated carbocycles. The van der Waals surface area contributed by atoms with Crippen LogP contribution in [-0.2, 0) is 13.1 Å². The third-order valence-electron chi connectivity index (χ3n) is 4.14. The largest absolute Gasteiger partial charge is 0.334 e. The minimum atomic E-state index is -0.311. The predicted molar refractivity (Wildman–Crippen MR) is 102 cm³/mol. The van der Waals surface area contributed by atoms with Crippen LogP contribution < -0.4 is 0 Å². The summed E-state index contributed by atoms with van der Waals surface area (Å²) in [6.45, 7) is 3.28. The Morgan fingerprint density at radius 3 is 2.65 bits per heavy atom. The number of aromatic nitrogens is 2. The molecule has 0 radical (unpaired) electrons. The molecule has 3 rings (SSSR count). The molecule has 0 aliphatic carbocycles. The molecular formula is C20H19BrFN3O. The van der Waals surface area contributed by atoms with Gasteiger partial charge in [-0.2, -0.15) is 5.10 Å². The first kappa shape index (κ1) is 18.3. The van der Waals surface area contributed by atoms with Crippen LogP contribution in [0.1, 0.15) is 28.4 Å². The average Bonchev–Trinajstić information content (AvgIpc) is 3.15. The zero-order valence-corrected chi connectivity index (χ0v) is 16.0. The van der Waals surface area contributed by atoms with E-state index in [1.807, 2.05) is 36.0 Å². The van der Waals surface area contributed by atoms with Gasteiger partial charge in [-0.15, -0.1) is 0 Å². The van der Waals surface area contributed by atoms with Crippen LogP contribution in [0.5, 0.6) is 0 Å². The SMILES string of the molecule is CCN(Cc1cc(Br)ccc1F)C(=O)c1ccc(Cn2cccn2)cc1. The molecule has 0 aliphatic heterocycles. The van der Waals surface area contributed by atoms with E-state index in [0.29, 0.717) is 24.2 Å². The van der Waals surface area contributed by atoms with E-state index in [1.54, 1.807) is 35.4 Å². The second-order valence-electron chi connectivity index (χ2n) is 5.96. The molecule has 0 atom stereocenters. The first-order valence-corrected chi connectivity index (χ1v) is 9.15. The number of nitrogens with zero attached hydrogens (tertiary/aromatic N) is 3. The fraction of sp³-hybridized carbons (Fsp3) is 0.200. The summed E-state index contributed by atoms with van der Waals surface area (Å²) in [4.78, 5) is 14.4. The van der Waals surface area contributed by atoms with E-state index in [2.05, 4.69) is 21.0 Å². The van der Waals surface area contributed by atoms with Gasteiger partial charge in [-0.05, 0) is 48.9 Å². The Hall–Kier alpha value is -2.47. The van der Waals surface area contributed by atoms with Crippen molar-refractivity contribution in [2.24, 2.45) is 0 Å². The molecule has 6 heteroatoms. The summed E-state index contributed by atoms with van der Waals surface area (Å²) in [7, 11) is 0. The fourth-order valence-electron chi connectivity index (χ4n) is 2.71. The highest BCUT2D eigenvalue weighted by molar-refractivity contribution is 9.10. The van der Waals surface area contributed by atoms with Gasteiger partial charge in [-0.25, -0.2) is 4.39 Å². The standard InChI is InChI=1S/C20H19BrFN3O/c1-2-24(14-17-12-18(21)8-9-19(17)22)20(26)16-6-4-15(5-7-16)13-25-11-3-10-23-25/h3-12H,2,13-14H2,1H3. The van der Waals surface area contributed by atoms with Gasteiger partial charge >= 0.3 is 0 Å². The highest BCUT2D eigenvalue weighted by atomic mass is 79.9. The number of carbonyl (C=O) groups is 1. The molecule has 1 aromatic heterocycles. The van der Waals surface area contributed by atoms with Gasteiger partial charge in [0.2, 0.25) is 0 Å². The molecule has 0 saturated heterocycles. The maximum absolute atomic E-state index is 14.0. The summed E-state index contributed by atoms with van der Waals surface area (Å²) in [6.07, 6.45) is 3.63.